The zero-order chi connectivity index (χ0) is 25.4. The fraction of sp³-hybridized carbons (Fsp3) is 0.308. The minimum atomic E-state index is -0.663. The topological polar surface area (TPSA) is 94.8 Å². The Bertz CT molecular complexity index is 1380. The first-order chi connectivity index (χ1) is 17.3. The van der Waals surface area contributed by atoms with Crippen molar-refractivity contribution in [3.05, 3.63) is 76.0 Å². The van der Waals surface area contributed by atoms with Crippen LogP contribution in [-0.4, -0.2) is 39.1 Å². The Morgan fingerprint density at radius 2 is 1.94 bits per heavy atom. The van der Waals surface area contributed by atoms with Gasteiger partial charge in [-0.1, -0.05) is 23.7 Å². The summed E-state index contributed by atoms with van der Waals surface area (Å²) < 4.78 is 21.2. The smallest absolute Gasteiger partial charge is 0.252 e. The molecule has 1 fully saturated rings. The van der Waals surface area contributed by atoms with Crippen LogP contribution in [0.5, 0.6) is 5.75 Å². The van der Waals surface area contributed by atoms with Crippen molar-refractivity contribution in [3.63, 3.8) is 0 Å². The van der Waals surface area contributed by atoms with Gasteiger partial charge in [-0.15, -0.1) is 0 Å². The monoisotopic (exact) mass is 507 g/mol. The molecule has 0 bridgehead atoms. The average molecular weight is 508 g/mol. The standard InChI is InChI=1S/C26H23ClFN5O3/c1-30-17-3-5-18(6-4-17)36-19-10-15(11-19)12-23(34)32-8-9-33-22(14-32)24(26(29)35)25(31-33)16-2-7-21(28)20(27)13-16/h2-7,13,15,19H,8-12,14H2,(H2,29,35). The van der Waals surface area contributed by atoms with Crippen molar-refractivity contribution in [2.45, 2.75) is 38.5 Å². The average Bonchev–Trinajstić information content (AvgIpc) is 3.24. The number of rotatable bonds is 6. The van der Waals surface area contributed by atoms with Gasteiger partial charge in [0.2, 0.25) is 5.91 Å². The van der Waals surface area contributed by atoms with Crippen LogP contribution in [0.4, 0.5) is 10.1 Å². The second-order valence-electron chi connectivity index (χ2n) is 9.09. The highest BCUT2D eigenvalue weighted by Crippen LogP contribution is 2.36. The highest BCUT2D eigenvalue weighted by atomic mass is 35.5. The molecule has 0 atom stereocenters. The van der Waals surface area contributed by atoms with Gasteiger partial charge in [-0.3, -0.25) is 14.3 Å². The van der Waals surface area contributed by atoms with Gasteiger partial charge >= 0.3 is 0 Å². The first-order valence-corrected chi connectivity index (χ1v) is 12.0. The number of fused-ring (bicyclic) bond motifs is 1. The Balaban J connectivity index is 1.22. The predicted molar refractivity (Wildman–Crippen MR) is 131 cm³/mol. The van der Waals surface area contributed by atoms with Crippen molar-refractivity contribution in [2.24, 2.45) is 11.7 Å². The molecule has 2 aliphatic rings. The van der Waals surface area contributed by atoms with E-state index in [-0.39, 0.29) is 35.1 Å². The highest BCUT2D eigenvalue weighted by molar-refractivity contribution is 6.31. The summed E-state index contributed by atoms with van der Waals surface area (Å²) in [7, 11) is 0. The van der Waals surface area contributed by atoms with E-state index in [4.69, 9.17) is 28.6 Å². The molecule has 0 spiro atoms. The third-order valence-electron chi connectivity index (χ3n) is 6.70. The Hall–Kier alpha value is -3.90. The number of carbonyl (C=O) groups excluding carboxylic acids is 2. The Morgan fingerprint density at radius 1 is 1.19 bits per heavy atom. The number of hydrogen-bond acceptors (Lipinski definition) is 4. The van der Waals surface area contributed by atoms with Crippen LogP contribution in [0.25, 0.3) is 16.1 Å². The molecule has 10 heteroatoms. The van der Waals surface area contributed by atoms with Gasteiger partial charge in [-0.2, -0.15) is 5.10 Å². The number of benzene rings is 2. The second-order valence-corrected chi connectivity index (χ2v) is 9.50. The Labute approximate surface area is 212 Å². The number of aromatic nitrogens is 2. The second kappa shape index (κ2) is 9.63. The van der Waals surface area contributed by atoms with Crippen LogP contribution in [0.1, 0.15) is 35.3 Å². The van der Waals surface area contributed by atoms with Gasteiger partial charge in [0.25, 0.3) is 5.91 Å². The summed E-state index contributed by atoms with van der Waals surface area (Å²) in [5.41, 5.74) is 7.85. The zero-order valence-corrected chi connectivity index (χ0v) is 20.0. The maximum atomic E-state index is 13.6. The summed E-state index contributed by atoms with van der Waals surface area (Å²) in [4.78, 5) is 30.5. The molecule has 36 heavy (non-hydrogen) atoms. The van der Waals surface area contributed by atoms with Crippen molar-refractivity contribution in [1.29, 1.82) is 0 Å². The molecule has 0 radical (unpaired) electrons. The van der Waals surface area contributed by atoms with Gasteiger partial charge in [0.05, 0.1) is 42.0 Å². The summed E-state index contributed by atoms with van der Waals surface area (Å²) >= 11 is 5.92. The summed E-state index contributed by atoms with van der Waals surface area (Å²) in [5.74, 6) is -0.273. The van der Waals surface area contributed by atoms with Gasteiger partial charge in [-0.05, 0) is 49.1 Å². The minimum Gasteiger partial charge on any atom is -0.491 e. The molecule has 1 aromatic heterocycles. The molecule has 1 saturated carbocycles. The Morgan fingerprint density at radius 3 is 2.61 bits per heavy atom. The van der Waals surface area contributed by atoms with E-state index in [0.717, 1.165) is 18.6 Å². The molecule has 8 nitrogen and oxygen atoms in total. The number of nitrogens with zero attached hydrogens (tertiary/aromatic N) is 4. The van der Waals surface area contributed by atoms with Crippen LogP contribution in [0.2, 0.25) is 5.02 Å². The van der Waals surface area contributed by atoms with Crippen LogP contribution in [0, 0.1) is 18.3 Å². The van der Waals surface area contributed by atoms with E-state index in [1.807, 2.05) is 0 Å². The molecular weight excluding hydrogens is 485 g/mol. The summed E-state index contributed by atoms with van der Waals surface area (Å²) in [6, 6.07) is 11.1. The lowest BCUT2D eigenvalue weighted by atomic mass is 9.79. The van der Waals surface area contributed by atoms with Crippen molar-refractivity contribution in [1.82, 2.24) is 14.7 Å². The lowest BCUT2D eigenvalue weighted by Gasteiger charge is -2.37. The molecule has 1 aliphatic carbocycles. The first-order valence-electron chi connectivity index (χ1n) is 11.6. The summed E-state index contributed by atoms with van der Waals surface area (Å²) in [5, 5.41) is 4.44. The van der Waals surface area contributed by atoms with Crippen LogP contribution in [-0.2, 0) is 17.9 Å². The predicted octanol–water partition coefficient (Wildman–Crippen LogP) is 4.58. The van der Waals surface area contributed by atoms with Crippen LogP contribution in [0.15, 0.2) is 42.5 Å². The third kappa shape index (κ3) is 4.64. The van der Waals surface area contributed by atoms with E-state index >= 15 is 0 Å². The maximum absolute atomic E-state index is 13.6. The molecule has 184 valence electrons. The highest BCUT2D eigenvalue weighted by Gasteiger charge is 2.35. The van der Waals surface area contributed by atoms with Gasteiger partial charge in [0.1, 0.15) is 17.3 Å². The molecule has 2 aromatic carbocycles. The van der Waals surface area contributed by atoms with Crippen LogP contribution in [0.3, 0.4) is 0 Å². The van der Waals surface area contributed by atoms with Gasteiger partial charge in [0, 0.05) is 18.5 Å². The third-order valence-corrected chi connectivity index (χ3v) is 6.99. The fourth-order valence-electron chi connectivity index (χ4n) is 4.74. The molecule has 1 aliphatic heterocycles. The molecule has 5 rings (SSSR count). The van der Waals surface area contributed by atoms with E-state index in [0.29, 0.717) is 42.1 Å². The van der Waals surface area contributed by atoms with Crippen molar-refractivity contribution in [2.75, 3.05) is 6.54 Å². The quantitative estimate of drug-likeness (QED) is 0.494. The molecule has 0 saturated heterocycles. The van der Waals surface area contributed by atoms with Gasteiger partial charge in [-0.25, -0.2) is 9.24 Å². The van der Waals surface area contributed by atoms with E-state index < -0.39 is 11.7 Å². The number of amides is 2. The maximum Gasteiger partial charge on any atom is 0.252 e. The largest absolute Gasteiger partial charge is 0.491 e. The number of hydrogen-bond donors (Lipinski definition) is 1. The molecule has 0 unspecified atom stereocenters. The number of halogens is 2. The van der Waals surface area contributed by atoms with Crippen molar-refractivity contribution in [3.8, 4) is 17.0 Å². The van der Waals surface area contributed by atoms with E-state index in [1.165, 1.54) is 18.2 Å². The molecule has 2 heterocycles. The van der Waals surface area contributed by atoms with E-state index in [2.05, 4.69) is 9.94 Å². The van der Waals surface area contributed by atoms with Crippen molar-refractivity contribution < 1.29 is 18.7 Å². The molecule has 2 N–H and O–H groups in total. The van der Waals surface area contributed by atoms with Gasteiger partial charge in [0.15, 0.2) is 5.69 Å². The zero-order valence-electron chi connectivity index (χ0n) is 19.3. The normalized spacial score (nSPS) is 18.6. The summed E-state index contributed by atoms with van der Waals surface area (Å²) in [6.07, 6.45) is 2.02. The summed E-state index contributed by atoms with van der Waals surface area (Å²) in [6.45, 7) is 8.12. The number of carbonyl (C=O) groups is 2. The molecular formula is C26H23ClFN5O3. The van der Waals surface area contributed by atoms with Crippen molar-refractivity contribution >= 4 is 29.1 Å². The minimum absolute atomic E-state index is 0.00843. The van der Waals surface area contributed by atoms with Crippen LogP contribution < -0.4 is 10.5 Å². The lowest BCUT2D eigenvalue weighted by molar-refractivity contribution is -0.135. The van der Waals surface area contributed by atoms with Crippen LogP contribution >= 0.6 is 11.6 Å². The number of nitrogens with two attached hydrogens (primary N) is 1. The van der Waals surface area contributed by atoms with Gasteiger partial charge < -0.3 is 15.4 Å². The first kappa shape index (κ1) is 23.8. The molecule has 3 aromatic rings. The lowest BCUT2D eigenvalue weighted by Crippen LogP contribution is -2.42. The fourth-order valence-corrected chi connectivity index (χ4v) is 4.92. The number of primary amides is 1. The SMILES string of the molecule is [C-]#[N+]c1ccc(OC2CC(CC(=O)N3CCn4nc(-c5ccc(F)c(Cl)c5)c(C(N)=O)c4C3)C2)cc1. The van der Waals surface area contributed by atoms with E-state index in [1.54, 1.807) is 33.8 Å². The molecule has 2 amide bonds. The van der Waals surface area contributed by atoms with E-state index in [9.17, 15) is 14.0 Å². The number of ether oxygens (including phenoxy) is 1. The Kier molecular flexibility index (Phi) is 6.37.